The van der Waals surface area contributed by atoms with Crippen molar-refractivity contribution >= 4 is 11.6 Å². The van der Waals surface area contributed by atoms with Gasteiger partial charge in [-0.2, -0.15) is 18.3 Å². The number of nitrogens with zero attached hydrogens (tertiary/aromatic N) is 2. The second-order valence-electron chi connectivity index (χ2n) is 8.64. The van der Waals surface area contributed by atoms with Gasteiger partial charge in [0.1, 0.15) is 0 Å². The standard InChI is InChI=1S/C29H32F3N3O/c1-5-20(3)7-17-26(6-2)35-27(19-25(34-35)16-18-28(36)33-4)23-10-8-21(9-11-23)22-12-14-24(15-13-22)29(30,31)32/h7-15,17,19H,5-6,16,18H2,1-4H3,(H,33,36)/b20-7-,26-17+. The van der Waals surface area contributed by atoms with Crippen LogP contribution in [0.15, 0.2) is 72.3 Å². The maximum absolute atomic E-state index is 12.9. The fourth-order valence-electron chi connectivity index (χ4n) is 3.72. The first kappa shape index (κ1) is 27.0. The Morgan fingerprint density at radius 1 is 0.944 bits per heavy atom. The van der Waals surface area contributed by atoms with Gasteiger partial charge in [-0.1, -0.05) is 61.9 Å². The van der Waals surface area contributed by atoms with Gasteiger partial charge < -0.3 is 5.32 Å². The average molecular weight is 496 g/mol. The summed E-state index contributed by atoms with van der Waals surface area (Å²) in [5.74, 6) is -0.0419. The molecule has 2 aromatic carbocycles. The molecule has 3 rings (SSSR count). The monoisotopic (exact) mass is 495 g/mol. The Kier molecular flexibility index (Phi) is 8.91. The minimum absolute atomic E-state index is 0.0419. The summed E-state index contributed by atoms with van der Waals surface area (Å²) in [7, 11) is 1.62. The zero-order valence-electron chi connectivity index (χ0n) is 21.1. The second kappa shape index (κ2) is 11.9. The SMILES string of the molecule is CC/C(C)=C\C=C(/CC)n1nc(CCC(=O)NC)cc1-c1ccc(-c2ccc(C(F)(F)F)cc2)cc1. The molecule has 1 aromatic heterocycles. The van der Waals surface area contributed by atoms with Gasteiger partial charge >= 0.3 is 6.18 Å². The topological polar surface area (TPSA) is 46.9 Å². The maximum atomic E-state index is 12.9. The fourth-order valence-corrected chi connectivity index (χ4v) is 3.72. The smallest absolute Gasteiger partial charge is 0.359 e. The molecular weight excluding hydrogens is 463 g/mol. The Hall–Kier alpha value is -3.61. The van der Waals surface area contributed by atoms with E-state index in [-0.39, 0.29) is 5.91 Å². The molecule has 0 spiro atoms. The van der Waals surface area contributed by atoms with E-state index in [1.165, 1.54) is 17.7 Å². The highest BCUT2D eigenvalue weighted by molar-refractivity contribution is 5.76. The van der Waals surface area contributed by atoms with Crippen LogP contribution in [0.25, 0.3) is 28.1 Å². The third-order valence-corrected chi connectivity index (χ3v) is 6.13. The van der Waals surface area contributed by atoms with Crippen LogP contribution in [0.3, 0.4) is 0 Å². The molecule has 1 heterocycles. The number of aryl methyl sites for hydroxylation is 1. The molecule has 1 amide bonds. The van der Waals surface area contributed by atoms with E-state index in [2.05, 4.69) is 38.2 Å². The molecule has 0 saturated heterocycles. The van der Waals surface area contributed by atoms with Gasteiger partial charge in [-0.3, -0.25) is 4.79 Å². The highest BCUT2D eigenvalue weighted by atomic mass is 19.4. The summed E-state index contributed by atoms with van der Waals surface area (Å²) in [6.07, 6.45) is 2.41. The Balaban J connectivity index is 1.98. The van der Waals surface area contributed by atoms with Crippen LogP contribution < -0.4 is 5.32 Å². The summed E-state index contributed by atoms with van der Waals surface area (Å²) >= 11 is 0. The molecule has 0 aliphatic heterocycles. The summed E-state index contributed by atoms with van der Waals surface area (Å²) in [6, 6.07) is 14.9. The summed E-state index contributed by atoms with van der Waals surface area (Å²) in [5, 5.41) is 7.45. The summed E-state index contributed by atoms with van der Waals surface area (Å²) in [4.78, 5) is 11.8. The number of amides is 1. The number of nitrogens with one attached hydrogen (secondary N) is 1. The number of alkyl halides is 3. The Bertz CT molecular complexity index is 1230. The quantitative estimate of drug-likeness (QED) is 0.312. The molecule has 7 heteroatoms. The highest BCUT2D eigenvalue weighted by Crippen LogP contribution is 2.32. The molecular formula is C29H32F3N3O. The number of hydrogen-bond acceptors (Lipinski definition) is 2. The van der Waals surface area contributed by atoms with Crippen LogP contribution in [0.5, 0.6) is 0 Å². The Morgan fingerprint density at radius 2 is 1.53 bits per heavy atom. The highest BCUT2D eigenvalue weighted by Gasteiger charge is 2.30. The van der Waals surface area contributed by atoms with Crippen molar-refractivity contribution < 1.29 is 18.0 Å². The van der Waals surface area contributed by atoms with E-state index < -0.39 is 11.7 Å². The van der Waals surface area contributed by atoms with Crippen molar-refractivity contribution in [2.75, 3.05) is 7.05 Å². The average Bonchev–Trinajstić information content (AvgIpc) is 3.31. The lowest BCUT2D eigenvalue weighted by Gasteiger charge is -2.11. The van der Waals surface area contributed by atoms with Crippen LogP contribution in [-0.4, -0.2) is 22.7 Å². The van der Waals surface area contributed by atoms with E-state index >= 15 is 0 Å². The molecule has 0 radical (unpaired) electrons. The van der Waals surface area contributed by atoms with Gasteiger partial charge in [-0.05, 0) is 55.2 Å². The van der Waals surface area contributed by atoms with Gasteiger partial charge in [0.25, 0.3) is 0 Å². The number of carbonyl (C=O) groups excluding carboxylic acids is 1. The number of carbonyl (C=O) groups is 1. The van der Waals surface area contributed by atoms with Gasteiger partial charge in [0.2, 0.25) is 5.91 Å². The van der Waals surface area contributed by atoms with E-state index in [0.717, 1.165) is 53.2 Å². The molecule has 4 nitrogen and oxygen atoms in total. The van der Waals surface area contributed by atoms with E-state index in [0.29, 0.717) is 18.4 Å². The van der Waals surface area contributed by atoms with Gasteiger partial charge in [-0.15, -0.1) is 0 Å². The number of hydrogen-bond donors (Lipinski definition) is 1. The van der Waals surface area contributed by atoms with Crippen LogP contribution >= 0.6 is 0 Å². The normalized spacial score (nSPS) is 12.6. The lowest BCUT2D eigenvalue weighted by atomic mass is 10.0. The minimum Gasteiger partial charge on any atom is -0.359 e. The predicted octanol–water partition coefficient (Wildman–Crippen LogP) is 7.52. The first-order valence-electron chi connectivity index (χ1n) is 12.1. The first-order valence-corrected chi connectivity index (χ1v) is 12.1. The third kappa shape index (κ3) is 6.74. The number of benzene rings is 2. The van der Waals surface area contributed by atoms with Crippen LogP contribution in [0.1, 0.15) is 51.3 Å². The third-order valence-electron chi connectivity index (χ3n) is 6.13. The molecule has 0 saturated carbocycles. The Morgan fingerprint density at radius 3 is 2.06 bits per heavy atom. The van der Waals surface area contributed by atoms with Crippen LogP contribution in [0, 0.1) is 0 Å². The number of allylic oxidation sites excluding steroid dienone is 4. The zero-order chi connectivity index (χ0) is 26.3. The fraction of sp³-hybridized carbons (Fsp3) is 0.310. The molecule has 0 atom stereocenters. The second-order valence-corrected chi connectivity index (χ2v) is 8.64. The van der Waals surface area contributed by atoms with Crippen molar-refractivity contribution in [1.29, 1.82) is 0 Å². The predicted molar refractivity (Wildman–Crippen MR) is 139 cm³/mol. The lowest BCUT2D eigenvalue weighted by molar-refractivity contribution is -0.137. The van der Waals surface area contributed by atoms with Gasteiger partial charge in [-0.25, -0.2) is 4.68 Å². The number of halogens is 3. The van der Waals surface area contributed by atoms with Crippen LogP contribution in [-0.2, 0) is 17.4 Å². The molecule has 1 N–H and O–H groups in total. The zero-order valence-corrected chi connectivity index (χ0v) is 21.1. The lowest BCUT2D eigenvalue weighted by Crippen LogP contribution is -2.18. The molecule has 0 fully saturated rings. The van der Waals surface area contributed by atoms with Crippen molar-refractivity contribution in [1.82, 2.24) is 15.1 Å². The molecule has 0 aliphatic rings. The molecule has 3 aromatic rings. The summed E-state index contributed by atoms with van der Waals surface area (Å²) < 4.78 is 40.6. The van der Waals surface area contributed by atoms with Crippen molar-refractivity contribution in [2.45, 2.75) is 52.6 Å². The largest absolute Gasteiger partial charge is 0.416 e. The number of rotatable bonds is 9. The molecule has 0 aliphatic carbocycles. The van der Waals surface area contributed by atoms with Crippen LogP contribution in [0.4, 0.5) is 13.2 Å². The van der Waals surface area contributed by atoms with Crippen molar-refractivity contribution in [3.05, 3.63) is 83.6 Å². The molecule has 0 unspecified atom stereocenters. The van der Waals surface area contributed by atoms with Gasteiger partial charge in [0.15, 0.2) is 0 Å². The van der Waals surface area contributed by atoms with E-state index in [1.54, 1.807) is 7.05 Å². The van der Waals surface area contributed by atoms with Gasteiger partial charge in [0, 0.05) is 31.1 Å². The molecule has 0 bridgehead atoms. The van der Waals surface area contributed by atoms with Crippen molar-refractivity contribution in [2.24, 2.45) is 0 Å². The molecule has 190 valence electrons. The van der Waals surface area contributed by atoms with Gasteiger partial charge in [0.05, 0.1) is 17.0 Å². The van der Waals surface area contributed by atoms with E-state index in [1.807, 2.05) is 35.0 Å². The number of aromatic nitrogens is 2. The summed E-state index contributed by atoms with van der Waals surface area (Å²) in [5.41, 5.74) is 5.80. The van der Waals surface area contributed by atoms with E-state index in [9.17, 15) is 18.0 Å². The van der Waals surface area contributed by atoms with Crippen molar-refractivity contribution in [3.63, 3.8) is 0 Å². The molecule has 36 heavy (non-hydrogen) atoms. The van der Waals surface area contributed by atoms with Crippen LogP contribution in [0.2, 0.25) is 0 Å². The van der Waals surface area contributed by atoms with Crippen molar-refractivity contribution in [3.8, 4) is 22.4 Å². The van der Waals surface area contributed by atoms with E-state index in [4.69, 9.17) is 5.10 Å². The Labute approximate surface area is 210 Å². The first-order chi connectivity index (χ1) is 17.2. The maximum Gasteiger partial charge on any atom is 0.416 e. The minimum atomic E-state index is -4.36. The summed E-state index contributed by atoms with van der Waals surface area (Å²) in [6.45, 7) is 6.27.